The van der Waals surface area contributed by atoms with Gasteiger partial charge in [-0.15, -0.1) is 0 Å². The lowest BCUT2D eigenvalue weighted by Crippen LogP contribution is -2.28. The first kappa shape index (κ1) is 30.9. The average molecular weight is 527 g/mol. The second-order valence-electron chi connectivity index (χ2n) is 8.12. The minimum atomic E-state index is -0.908. The lowest BCUT2D eigenvalue weighted by Gasteiger charge is -2.20. The molecule has 2 aromatic carbocycles. The maximum atomic E-state index is 14.3. The van der Waals surface area contributed by atoms with Crippen molar-refractivity contribution in [1.29, 1.82) is 0 Å². The lowest BCUT2D eigenvalue weighted by molar-refractivity contribution is 0.0511. The zero-order valence-corrected chi connectivity index (χ0v) is 21.8. The number of amides is 1. The van der Waals surface area contributed by atoms with Gasteiger partial charge in [-0.25, -0.2) is 23.2 Å². The first-order valence-electron chi connectivity index (χ1n) is 11.1. The van der Waals surface area contributed by atoms with Gasteiger partial charge in [-0.3, -0.25) is 5.32 Å². The van der Waals surface area contributed by atoms with Crippen LogP contribution in [0.2, 0.25) is 0 Å². The van der Waals surface area contributed by atoms with Crippen molar-refractivity contribution >= 4 is 29.4 Å². The predicted molar refractivity (Wildman–Crippen MR) is 132 cm³/mol. The molecule has 0 bridgehead atoms. The Labute approximate surface area is 214 Å². The van der Waals surface area contributed by atoms with E-state index in [9.17, 15) is 23.2 Å². The van der Waals surface area contributed by atoms with Gasteiger partial charge in [-0.1, -0.05) is 0 Å². The lowest BCUT2D eigenvalue weighted by atomic mass is 10.1. The van der Waals surface area contributed by atoms with Crippen molar-refractivity contribution in [3.05, 3.63) is 47.0 Å². The van der Waals surface area contributed by atoms with Gasteiger partial charge in [0, 0.05) is 5.69 Å². The fraction of sp³-hybridized carbons (Fsp3) is 0.400. The number of carbonyl (C=O) groups is 3. The Bertz CT molecular complexity index is 1120. The van der Waals surface area contributed by atoms with Crippen LogP contribution in [0, 0.1) is 11.6 Å². The molecule has 0 aliphatic carbocycles. The van der Waals surface area contributed by atoms with Crippen molar-refractivity contribution in [2.24, 2.45) is 0 Å². The van der Waals surface area contributed by atoms with E-state index in [-0.39, 0.29) is 41.7 Å². The van der Waals surface area contributed by atoms with E-state index in [2.05, 4.69) is 10.1 Å². The molecule has 12 heteroatoms. The summed E-state index contributed by atoms with van der Waals surface area (Å²) in [5, 5.41) is 2.34. The molecule has 2 aromatic rings. The van der Waals surface area contributed by atoms with Crippen LogP contribution in [-0.2, 0) is 14.2 Å². The molecule has 0 saturated carbocycles. The highest BCUT2D eigenvalue weighted by atomic mass is 19.1. The van der Waals surface area contributed by atoms with E-state index >= 15 is 0 Å². The molecular formula is C25H32F2N2O8. The Morgan fingerprint density at radius 1 is 0.838 bits per heavy atom. The zero-order chi connectivity index (χ0) is 28.3. The van der Waals surface area contributed by atoms with Gasteiger partial charge in [0.05, 0.1) is 33.1 Å². The number of ether oxygens (including phenoxy) is 5. The highest BCUT2D eigenvalue weighted by Crippen LogP contribution is 2.29. The molecule has 0 atom stereocenters. The molecule has 204 valence electrons. The first-order chi connectivity index (χ1) is 17.3. The second-order valence-corrected chi connectivity index (χ2v) is 8.12. The van der Waals surface area contributed by atoms with Gasteiger partial charge in [0.2, 0.25) is 0 Å². The van der Waals surface area contributed by atoms with E-state index in [1.807, 2.05) is 0 Å². The molecule has 0 aromatic heterocycles. The fourth-order valence-corrected chi connectivity index (χ4v) is 2.78. The molecule has 1 amide bonds. The van der Waals surface area contributed by atoms with Crippen LogP contribution in [0.3, 0.4) is 0 Å². The molecule has 0 saturated heterocycles. The third-order valence-corrected chi connectivity index (χ3v) is 4.28. The van der Waals surface area contributed by atoms with Crippen molar-refractivity contribution in [3.63, 3.8) is 0 Å². The predicted octanol–water partition coefficient (Wildman–Crippen LogP) is 4.95. The summed E-state index contributed by atoms with van der Waals surface area (Å²) in [5.74, 6) is -3.55. The van der Waals surface area contributed by atoms with Gasteiger partial charge >= 0.3 is 18.0 Å². The van der Waals surface area contributed by atoms with Gasteiger partial charge in [0.15, 0.2) is 23.1 Å². The normalized spacial score (nSPS) is 10.4. The number of carbonyl (C=O) groups excluding carboxylic acids is 3. The molecule has 0 aliphatic heterocycles. The molecule has 0 heterocycles. The minimum Gasteiger partial charge on any atom is -0.494 e. The number of nitrogens with one attached hydrogen (secondary N) is 1. The summed E-state index contributed by atoms with van der Waals surface area (Å²) in [5.41, 5.74) is 4.05. The number of halogens is 2. The second kappa shape index (κ2) is 13.9. The van der Waals surface area contributed by atoms with Crippen LogP contribution in [0.15, 0.2) is 24.3 Å². The standard InChI is InChI=1S/C15H20FNO5.C10H12FNO3/c1-6-21-13(18)11-9(7-8-10(20-5)12(11)16)17-14(19)22-15(2,3)4;1-3-15-10(13)8-6(12)4-5-7(14-2)9(8)11/h7-8H,6H2,1-5H3,(H,17,19);4-5H,3,12H2,1-2H3. The topological polar surface area (TPSA) is 135 Å². The SMILES string of the molecule is CCOC(=O)c1c(N)ccc(OC)c1F.CCOC(=O)c1c(NC(=O)OC(C)(C)C)ccc(OC)c1F. The van der Waals surface area contributed by atoms with E-state index in [0.29, 0.717) is 0 Å². The Kier molecular flexibility index (Phi) is 11.6. The van der Waals surface area contributed by atoms with Crippen LogP contribution in [0.5, 0.6) is 11.5 Å². The molecule has 37 heavy (non-hydrogen) atoms. The molecule has 2 rings (SSSR count). The third kappa shape index (κ3) is 8.81. The summed E-state index contributed by atoms with van der Waals surface area (Å²) in [7, 11) is 2.58. The molecule has 0 fully saturated rings. The summed E-state index contributed by atoms with van der Waals surface area (Å²) >= 11 is 0. The Balaban J connectivity index is 0.000000397. The van der Waals surface area contributed by atoms with Crippen LogP contribution in [0.4, 0.5) is 25.0 Å². The smallest absolute Gasteiger partial charge is 0.412 e. The van der Waals surface area contributed by atoms with E-state index < -0.39 is 40.8 Å². The number of rotatable bonds is 7. The minimum absolute atomic E-state index is 0.0340. The third-order valence-electron chi connectivity index (χ3n) is 4.28. The van der Waals surface area contributed by atoms with E-state index in [1.165, 1.54) is 38.5 Å². The van der Waals surface area contributed by atoms with Crippen molar-refractivity contribution in [2.75, 3.05) is 38.5 Å². The Morgan fingerprint density at radius 2 is 1.30 bits per heavy atom. The number of methoxy groups -OCH3 is 2. The van der Waals surface area contributed by atoms with Crippen LogP contribution in [0.25, 0.3) is 0 Å². The zero-order valence-electron chi connectivity index (χ0n) is 21.8. The number of anilines is 2. The molecular weight excluding hydrogens is 494 g/mol. The number of nitrogen functional groups attached to an aromatic ring is 1. The maximum Gasteiger partial charge on any atom is 0.412 e. The molecule has 0 unspecified atom stereocenters. The number of esters is 2. The number of nitrogens with two attached hydrogens (primary N) is 1. The quantitative estimate of drug-likeness (QED) is 0.292. The first-order valence-corrected chi connectivity index (χ1v) is 11.1. The van der Waals surface area contributed by atoms with E-state index in [1.54, 1.807) is 34.6 Å². The van der Waals surface area contributed by atoms with Crippen molar-refractivity contribution < 1.29 is 46.8 Å². The largest absolute Gasteiger partial charge is 0.494 e. The summed E-state index contributed by atoms with van der Waals surface area (Å²) in [6, 6.07) is 5.39. The number of hydrogen-bond donors (Lipinski definition) is 2. The summed E-state index contributed by atoms with van der Waals surface area (Å²) in [6.45, 7) is 8.52. The van der Waals surface area contributed by atoms with E-state index in [4.69, 9.17) is 24.7 Å². The maximum absolute atomic E-state index is 14.3. The highest BCUT2D eigenvalue weighted by Gasteiger charge is 2.25. The van der Waals surface area contributed by atoms with Crippen molar-refractivity contribution in [1.82, 2.24) is 0 Å². The number of benzene rings is 2. The molecule has 0 spiro atoms. The number of hydrogen-bond acceptors (Lipinski definition) is 9. The summed E-state index contributed by atoms with van der Waals surface area (Å²) < 4.78 is 52.0. The fourth-order valence-electron chi connectivity index (χ4n) is 2.78. The molecule has 10 nitrogen and oxygen atoms in total. The monoisotopic (exact) mass is 526 g/mol. The highest BCUT2D eigenvalue weighted by molar-refractivity contribution is 6.00. The Hall–Kier alpha value is -4.09. The van der Waals surface area contributed by atoms with Gasteiger partial charge in [0.25, 0.3) is 0 Å². The van der Waals surface area contributed by atoms with E-state index in [0.717, 1.165) is 0 Å². The van der Waals surface area contributed by atoms with Crippen molar-refractivity contribution in [2.45, 2.75) is 40.2 Å². The summed E-state index contributed by atoms with van der Waals surface area (Å²) in [4.78, 5) is 35.1. The average Bonchev–Trinajstić information content (AvgIpc) is 2.79. The van der Waals surface area contributed by atoms with Gasteiger partial charge in [-0.05, 0) is 58.9 Å². The van der Waals surface area contributed by atoms with Gasteiger partial charge < -0.3 is 29.4 Å². The van der Waals surface area contributed by atoms with Gasteiger partial charge in [0.1, 0.15) is 16.7 Å². The van der Waals surface area contributed by atoms with Gasteiger partial charge in [-0.2, -0.15) is 0 Å². The summed E-state index contributed by atoms with van der Waals surface area (Å²) in [6.07, 6.45) is -0.803. The van der Waals surface area contributed by atoms with Crippen molar-refractivity contribution in [3.8, 4) is 11.5 Å². The molecule has 0 aliphatic rings. The van der Waals surface area contributed by atoms with Crippen LogP contribution >= 0.6 is 0 Å². The van der Waals surface area contributed by atoms with Crippen LogP contribution in [0.1, 0.15) is 55.3 Å². The van der Waals surface area contributed by atoms with Crippen LogP contribution < -0.4 is 20.5 Å². The molecule has 0 radical (unpaired) electrons. The van der Waals surface area contributed by atoms with Crippen LogP contribution in [-0.4, -0.2) is 51.1 Å². The molecule has 3 N–H and O–H groups in total. The Morgan fingerprint density at radius 3 is 1.76 bits per heavy atom.